The third-order valence-electron chi connectivity index (χ3n) is 3.67. The molecular formula is C15H22N2O3. The quantitative estimate of drug-likeness (QED) is 0.758. The van der Waals surface area contributed by atoms with Gasteiger partial charge in [0.05, 0.1) is 12.6 Å². The first-order chi connectivity index (χ1) is 9.79. The molecule has 5 heteroatoms. The van der Waals surface area contributed by atoms with E-state index in [1.807, 2.05) is 30.3 Å². The van der Waals surface area contributed by atoms with Crippen LogP contribution in [-0.4, -0.2) is 36.9 Å². The van der Waals surface area contributed by atoms with E-state index >= 15 is 0 Å². The molecule has 5 nitrogen and oxygen atoms in total. The second-order valence-electron chi connectivity index (χ2n) is 5.08. The van der Waals surface area contributed by atoms with E-state index in [2.05, 4.69) is 10.6 Å². The highest BCUT2D eigenvalue weighted by atomic mass is 16.5. The largest absolute Gasteiger partial charge is 0.445 e. The van der Waals surface area contributed by atoms with E-state index in [0.717, 1.165) is 31.5 Å². The minimum atomic E-state index is -0.466. The van der Waals surface area contributed by atoms with Crippen molar-refractivity contribution in [3.8, 4) is 0 Å². The molecule has 1 aliphatic rings. The number of amides is 1. The van der Waals surface area contributed by atoms with Crippen LogP contribution in [-0.2, 0) is 11.3 Å². The topological polar surface area (TPSA) is 70.6 Å². The molecule has 1 amide bonds. The Morgan fingerprint density at radius 2 is 2.05 bits per heavy atom. The van der Waals surface area contributed by atoms with Crippen LogP contribution >= 0.6 is 0 Å². The van der Waals surface area contributed by atoms with Crippen LogP contribution in [0.1, 0.15) is 18.4 Å². The average molecular weight is 278 g/mol. The average Bonchev–Trinajstić information content (AvgIpc) is 2.52. The summed E-state index contributed by atoms with van der Waals surface area (Å²) in [7, 11) is 0. The number of carbonyl (C=O) groups excluding carboxylic acids is 1. The fraction of sp³-hybridized carbons (Fsp3) is 0.533. The Balaban J connectivity index is 1.77. The summed E-state index contributed by atoms with van der Waals surface area (Å²) in [5.41, 5.74) is 0.949. The maximum Gasteiger partial charge on any atom is 0.407 e. The Hall–Kier alpha value is -1.59. The van der Waals surface area contributed by atoms with Gasteiger partial charge < -0.3 is 20.5 Å². The van der Waals surface area contributed by atoms with Gasteiger partial charge in [-0.15, -0.1) is 0 Å². The van der Waals surface area contributed by atoms with Crippen molar-refractivity contribution in [3.63, 3.8) is 0 Å². The van der Waals surface area contributed by atoms with E-state index in [0.29, 0.717) is 5.92 Å². The summed E-state index contributed by atoms with van der Waals surface area (Å²) in [5, 5.41) is 15.5. The van der Waals surface area contributed by atoms with Crippen molar-refractivity contribution in [1.82, 2.24) is 10.6 Å². The SMILES string of the molecule is O=C(NC(CO)C1CCNCC1)OCc1ccccc1. The molecule has 3 N–H and O–H groups in total. The number of hydrogen-bond acceptors (Lipinski definition) is 4. The van der Waals surface area contributed by atoms with Crippen LogP contribution in [0.3, 0.4) is 0 Å². The number of nitrogens with one attached hydrogen (secondary N) is 2. The number of aliphatic hydroxyl groups is 1. The summed E-state index contributed by atoms with van der Waals surface area (Å²) in [6.07, 6.45) is 1.46. The summed E-state index contributed by atoms with van der Waals surface area (Å²) in [4.78, 5) is 11.8. The highest BCUT2D eigenvalue weighted by Crippen LogP contribution is 2.16. The molecule has 1 aliphatic heterocycles. The van der Waals surface area contributed by atoms with E-state index in [9.17, 15) is 9.90 Å². The van der Waals surface area contributed by atoms with Crippen LogP contribution in [0.2, 0.25) is 0 Å². The highest BCUT2D eigenvalue weighted by Gasteiger charge is 2.24. The van der Waals surface area contributed by atoms with Gasteiger partial charge in [0, 0.05) is 0 Å². The molecule has 1 aromatic rings. The Kier molecular flexibility index (Phi) is 5.83. The van der Waals surface area contributed by atoms with Gasteiger partial charge in [-0.2, -0.15) is 0 Å². The lowest BCUT2D eigenvalue weighted by Crippen LogP contribution is -2.46. The van der Waals surface area contributed by atoms with Crippen molar-refractivity contribution in [2.24, 2.45) is 5.92 Å². The van der Waals surface area contributed by atoms with Crippen LogP contribution in [0.15, 0.2) is 30.3 Å². The first kappa shape index (κ1) is 14.8. The second-order valence-corrected chi connectivity index (χ2v) is 5.08. The van der Waals surface area contributed by atoms with E-state index in [-0.39, 0.29) is 19.3 Å². The van der Waals surface area contributed by atoms with Gasteiger partial charge in [0.2, 0.25) is 0 Å². The Bertz CT molecular complexity index is 405. The monoisotopic (exact) mass is 278 g/mol. The van der Waals surface area contributed by atoms with Gasteiger partial charge in [0.1, 0.15) is 6.61 Å². The summed E-state index contributed by atoms with van der Waals surface area (Å²) in [6, 6.07) is 9.32. The van der Waals surface area contributed by atoms with Gasteiger partial charge in [-0.25, -0.2) is 4.79 Å². The Labute approximate surface area is 119 Å². The molecule has 0 radical (unpaired) electrons. The van der Waals surface area contributed by atoms with Crippen molar-refractivity contribution < 1.29 is 14.6 Å². The zero-order valence-corrected chi connectivity index (χ0v) is 11.5. The van der Waals surface area contributed by atoms with E-state index in [1.165, 1.54) is 0 Å². The summed E-state index contributed by atoms with van der Waals surface area (Å²) in [6.45, 7) is 2.06. The van der Waals surface area contributed by atoms with Crippen molar-refractivity contribution in [3.05, 3.63) is 35.9 Å². The van der Waals surface area contributed by atoms with Gasteiger partial charge in [-0.3, -0.25) is 0 Å². The second kappa shape index (κ2) is 7.87. The van der Waals surface area contributed by atoms with Crippen LogP contribution in [0.4, 0.5) is 4.79 Å². The van der Waals surface area contributed by atoms with Crippen molar-refractivity contribution in [1.29, 1.82) is 0 Å². The van der Waals surface area contributed by atoms with E-state index in [4.69, 9.17) is 4.74 Å². The lowest BCUT2D eigenvalue weighted by atomic mass is 9.91. The molecule has 2 rings (SSSR count). The van der Waals surface area contributed by atoms with Crippen LogP contribution in [0.25, 0.3) is 0 Å². The molecule has 0 saturated carbocycles. The maximum absolute atomic E-state index is 11.8. The lowest BCUT2D eigenvalue weighted by molar-refractivity contribution is 0.116. The first-order valence-electron chi connectivity index (χ1n) is 7.08. The lowest BCUT2D eigenvalue weighted by Gasteiger charge is -2.29. The van der Waals surface area contributed by atoms with E-state index < -0.39 is 6.09 Å². The molecule has 1 unspecified atom stereocenters. The zero-order valence-electron chi connectivity index (χ0n) is 11.5. The van der Waals surface area contributed by atoms with Crippen molar-refractivity contribution in [2.75, 3.05) is 19.7 Å². The first-order valence-corrected chi connectivity index (χ1v) is 7.08. The molecular weight excluding hydrogens is 256 g/mol. The number of ether oxygens (including phenoxy) is 1. The van der Waals surface area contributed by atoms with Crippen molar-refractivity contribution >= 4 is 6.09 Å². The number of alkyl carbamates (subject to hydrolysis) is 1. The maximum atomic E-state index is 11.8. The molecule has 0 aromatic heterocycles. The fourth-order valence-corrected chi connectivity index (χ4v) is 2.48. The minimum Gasteiger partial charge on any atom is -0.445 e. The van der Waals surface area contributed by atoms with Gasteiger partial charge in [-0.05, 0) is 37.4 Å². The van der Waals surface area contributed by atoms with Crippen molar-refractivity contribution in [2.45, 2.75) is 25.5 Å². The van der Waals surface area contributed by atoms with Crippen LogP contribution in [0.5, 0.6) is 0 Å². The van der Waals surface area contributed by atoms with Gasteiger partial charge in [0.15, 0.2) is 0 Å². The number of carbonyl (C=O) groups is 1. The van der Waals surface area contributed by atoms with E-state index in [1.54, 1.807) is 0 Å². The standard InChI is InChI=1S/C15H22N2O3/c18-10-14(13-6-8-16-9-7-13)17-15(19)20-11-12-4-2-1-3-5-12/h1-5,13-14,16,18H,6-11H2,(H,17,19). The predicted octanol–water partition coefficient (Wildman–Crippen LogP) is 1.27. The molecule has 1 heterocycles. The predicted molar refractivity (Wildman–Crippen MR) is 76.2 cm³/mol. The smallest absolute Gasteiger partial charge is 0.407 e. The number of aliphatic hydroxyl groups excluding tert-OH is 1. The molecule has 1 aromatic carbocycles. The molecule has 0 bridgehead atoms. The molecule has 110 valence electrons. The van der Waals surface area contributed by atoms with Gasteiger partial charge in [0.25, 0.3) is 0 Å². The third-order valence-corrected chi connectivity index (χ3v) is 3.67. The Morgan fingerprint density at radius 1 is 1.35 bits per heavy atom. The molecule has 20 heavy (non-hydrogen) atoms. The fourth-order valence-electron chi connectivity index (χ4n) is 2.48. The zero-order chi connectivity index (χ0) is 14.2. The highest BCUT2D eigenvalue weighted by molar-refractivity contribution is 5.67. The molecule has 1 fully saturated rings. The minimum absolute atomic E-state index is 0.0505. The molecule has 1 atom stereocenters. The summed E-state index contributed by atoms with van der Waals surface area (Å²) >= 11 is 0. The molecule has 0 spiro atoms. The number of rotatable bonds is 5. The number of benzene rings is 1. The normalized spacial score (nSPS) is 17.4. The summed E-state index contributed by atoms with van der Waals surface area (Å²) < 4.78 is 5.17. The number of hydrogen-bond donors (Lipinski definition) is 3. The van der Waals surface area contributed by atoms with Gasteiger partial charge >= 0.3 is 6.09 Å². The summed E-state index contributed by atoms with van der Waals surface area (Å²) in [5.74, 6) is 0.311. The number of piperidine rings is 1. The van der Waals surface area contributed by atoms with Crippen LogP contribution in [0, 0.1) is 5.92 Å². The van der Waals surface area contributed by atoms with Gasteiger partial charge in [-0.1, -0.05) is 30.3 Å². The Morgan fingerprint density at radius 3 is 2.70 bits per heavy atom. The molecule has 1 saturated heterocycles. The third kappa shape index (κ3) is 4.51. The molecule has 0 aliphatic carbocycles. The van der Waals surface area contributed by atoms with Crippen LogP contribution < -0.4 is 10.6 Å².